The minimum atomic E-state index is -0.323. The van der Waals surface area contributed by atoms with Gasteiger partial charge in [0.15, 0.2) is 17.2 Å². The van der Waals surface area contributed by atoms with Crippen molar-refractivity contribution >= 4 is 29.4 Å². The number of methoxy groups -OCH3 is 1. The lowest BCUT2D eigenvalue weighted by atomic mass is 10.0. The number of anilines is 2. The van der Waals surface area contributed by atoms with E-state index in [2.05, 4.69) is 10.6 Å². The van der Waals surface area contributed by atoms with Crippen LogP contribution < -0.4 is 15.4 Å². The molecule has 0 fully saturated rings. The van der Waals surface area contributed by atoms with E-state index in [0.29, 0.717) is 16.9 Å². The van der Waals surface area contributed by atoms with Gasteiger partial charge in [-0.15, -0.1) is 0 Å². The summed E-state index contributed by atoms with van der Waals surface area (Å²) in [4.78, 5) is 11.3. The molecule has 7 nitrogen and oxygen atoms in total. The van der Waals surface area contributed by atoms with Gasteiger partial charge in [-0.2, -0.15) is 5.26 Å². The number of phenolic OH excluding ortho intramolecular Hbond substituents is 2. The smallest absolute Gasteiger partial charge is 0.221 e. The predicted octanol–water partition coefficient (Wildman–Crippen LogP) is 3.42. The number of allylic oxidation sites excluding steroid dienone is 1. The Balaban J connectivity index is 2.01. The molecule has 1 aliphatic heterocycles. The van der Waals surface area contributed by atoms with Gasteiger partial charge < -0.3 is 25.6 Å². The third-order valence-corrected chi connectivity index (χ3v) is 3.99. The van der Waals surface area contributed by atoms with Crippen molar-refractivity contribution in [2.24, 2.45) is 0 Å². The molecule has 2 aromatic carbocycles. The zero-order chi connectivity index (χ0) is 19.6. The van der Waals surface area contributed by atoms with Gasteiger partial charge in [0.25, 0.3) is 0 Å². The monoisotopic (exact) mass is 363 g/mol. The summed E-state index contributed by atoms with van der Waals surface area (Å²) >= 11 is 0. The molecule has 0 saturated heterocycles. The number of aromatic hydroxyl groups is 2. The van der Waals surface area contributed by atoms with E-state index in [1.807, 2.05) is 18.2 Å². The Bertz CT molecular complexity index is 1030. The molecule has 0 unspecified atom stereocenters. The summed E-state index contributed by atoms with van der Waals surface area (Å²) in [6, 6.07) is 8.45. The molecule has 0 atom stereocenters. The topological polar surface area (TPSA) is 115 Å². The van der Waals surface area contributed by atoms with Crippen LogP contribution in [0.15, 0.2) is 36.0 Å². The molecule has 0 aromatic heterocycles. The molecule has 4 N–H and O–H groups in total. The lowest BCUT2D eigenvalue weighted by Crippen LogP contribution is -2.07. The third-order valence-electron chi connectivity index (χ3n) is 3.99. The molecule has 136 valence electrons. The second-order valence-electron chi connectivity index (χ2n) is 5.90. The van der Waals surface area contributed by atoms with Gasteiger partial charge in [-0.05, 0) is 35.9 Å². The molecule has 1 amide bonds. The number of carbonyl (C=O) groups is 1. The molecule has 0 aliphatic carbocycles. The molecule has 7 heteroatoms. The molecule has 1 aliphatic rings. The van der Waals surface area contributed by atoms with Crippen molar-refractivity contribution in [3.05, 3.63) is 52.7 Å². The van der Waals surface area contributed by atoms with Crippen LogP contribution in [0.4, 0.5) is 11.4 Å². The van der Waals surface area contributed by atoms with Gasteiger partial charge in [-0.25, -0.2) is 0 Å². The number of carbonyl (C=O) groups excluding carboxylic acids is 1. The van der Waals surface area contributed by atoms with E-state index in [1.54, 1.807) is 30.3 Å². The summed E-state index contributed by atoms with van der Waals surface area (Å²) in [6.45, 7) is 1.34. The molecular weight excluding hydrogens is 346 g/mol. The Labute approximate surface area is 155 Å². The maximum absolute atomic E-state index is 11.3. The quantitative estimate of drug-likeness (QED) is 0.621. The second kappa shape index (κ2) is 7.14. The highest BCUT2D eigenvalue weighted by atomic mass is 16.5. The minimum Gasteiger partial charge on any atom is -0.504 e. The van der Waals surface area contributed by atoms with E-state index >= 15 is 0 Å². The van der Waals surface area contributed by atoms with E-state index in [1.165, 1.54) is 14.0 Å². The van der Waals surface area contributed by atoms with Crippen molar-refractivity contribution in [1.82, 2.24) is 0 Å². The summed E-state index contributed by atoms with van der Waals surface area (Å²) in [7, 11) is 1.42. The number of benzene rings is 2. The normalized spacial score (nSPS) is 13.4. The van der Waals surface area contributed by atoms with Crippen LogP contribution in [-0.2, 0) is 4.79 Å². The first-order valence-corrected chi connectivity index (χ1v) is 8.04. The molecule has 2 aromatic rings. The molecule has 3 rings (SSSR count). The number of rotatable bonds is 3. The van der Waals surface area contributed by atoms with E-state index in [4.69, 9.17) is 10.00 Å². The molecular formula is C20H17N3O4. The van der Waals surface area contributed by atoms with Crippen molar-refractivity contribution in [3.63, 3.8) is 0 Å². The number of hydrogen-bond acceptors (Lipinski definition) is 6. The fourth-order valence-electron chi connectivity index (χ4n) is 2.75. The average molecular weight is 363 g/mol. The second-order valence-corrected chi connectivity index (χ2v) is 5.90. The number of nitriles is 1. The SMILES string of the molecule is COc1cc(/C=C2\C=Cc3ccc(C#N)c(O)c3N2)cc(NC(C)=O)c1O. The first-order valence-electron chi connectivity index (χ1n) is 8.04. The van der Waals surface area contributed by atoms with Crippen LogP contribution in [-0.4, -0.2) is 23.2 Å². The van der Waals surface area contributed by atoms with Crippen molar-refractivity contribution < 1.29 is 19.7 Å². The molecule has 1 heterocycles. The van der Waals surface area contributed by atoms with Gasteiger partial charge in [-0.1, -0.05) is 12.1 Å². The van der Waals surface area contributed by atoms with Crippen molar-refractivity contribution in [2.45, 2.75) is 6.92 Å². The summed E-state index contributed by atoms with van der Waals surface area (Å²) in [5.41, 5.74) is 2.90. The maximum atomic E-state index is 11.3. The first-order chi connectivity index (χ1) is 12.9. The molecule has 27 heavy (non-hydrogen) atoms. The maximum Gasteiger partial charge on any atom is 0.221 e. The molecule has 0 spiro atoms. The predicted molar refractivity (Wildman–Crippen MR) is 102 cm³/mol. The van der Waals surface area contributed by atoms with Gasteiger partial charge in [0.05, 0.1) is 24.0 Å². The Hall–Kier alpha value is -3.92. The standard InChI is InChI=1S/C20H17N3O4/c1-11(24)22-16-8-12(9-17(27-2)20(16)26)7-15-6-5-13-3-4-14(10-21)19(25)18(13)23-15/h3-9,23,25-26H,1-2H3,(H,22,24)/b15-7+. The summed E-state index contributed by atoms with van der Waals surface area (Å²) < 4.78 is 5.16. The van der Waals surface area contributed by atoms with Crippen molar-refractivity contribution in [3.8, 4) is 23.3 Å². The number of fused-ring (bicyclic) bond motifs is 1. The molecule has 0 saturated carbocycles. The van der Waals surface area contributed by atoms with E-state index in [0.717, 1.165) is 5.56 Å². The number of phenols is 2. The van der Waals surface area contributed by atoms with E-state index < -0.39 is 0 Å². The van der Waals surface area contributed by atoms with E-state index in [-0.39, 0.29) is 34.4 Å². The van der Waals surface area contributed by atoms with Gasteiger partial charge in [0, 0.05) is 18.2 Å². The summed E-state index contributed by atoms with van der Waals surface area (Å²) in [5, 5.41) is 35.1. The zero-order valence-electron chi connectivity index (χ0n) is 14.7. The Kier molecular flexibility index (Phi) is 4.73. The molecule has 0 radical (unpaired) electrons. The number of hydrogen-bond donors (Lipinski definition) is 4. The van der Waals surface area contributed by atoms with Crippen molar-refractivity contribution in [1.29, 1.82) is 5.26 Å². The minimum absolute atomic E-state index is 0.118. The van der Waals surface area contributed by atoms with Gasteiger partial charge >= 0.3 is 0 Å². The van der Waals surface area contributed by atoms with Crippen LogP contribution in [0, 0.1) is 11.3 Å². The van der Waals surface area contributed by atoms with Crippen LogP contribution >= 0.6 is 0 Å². The zero-order valence-corrected chi connectivity index (χ0v) is 14.7. The van der Waals surface area contributed by atoms with E-state index in [9.17, 15) is 15.0 Å². The van der Waals surface area contributed by atoms with Crippen LogP contribution in [0.1, 0.15) is 23.6 Å². The number of nitrogens with zero attached hydrogens (tertiary/aromatic N) is 1. The third kappa shape index (κ3) is 3.55. The largest absolute Gasteiger partial charge is 0.504 e. The van der Waals surface area contributed by atoms with Crippen molar-refractivity contribution in [2.75, 3.05) is 17.7 Å². The fourth-order valence-corrected chi connectivity index (χ4v) is 2.75. The Morgan fingerprint density at radius 3 is 2.70 bits per heavy atom. The van der Waals surface area contributed by atoms with Crippen LogP contribution in [0.25, 0.3) is 12.2 Å². The highest BCUT2D eigenvalue weighted by Gasteiger charge is 2.16. The van der Waals surface area contributed by atoms with Gasteiger partial charge in [0.1, 0.15) is 6.07 Å². The van der Waals surface area contributed by atoms with Crippen LogP contribution in [0.3, 0.4) is 0 Å². The lowest BCUT2D eigenvalue weighted by Gasteiger charge is -2.18. The van der Waals surface area contributed by atoms with Crippen LogP contribution in [0.2, 0.25) is 0 Å². The average Bonchev–Trinajstić information content (AvgIpc) is 2.64. The number of ether oxygens (including phenoxy) is 1. The summed E-state index contributed by atoms with van der Waals surface area (Å²) in [5.74, 6) is -0.394. The number of nitrogens with one attached hydrogen (secondary N) is 2. The summed E-state index contributed by atoms with van der Waals surface area (Å²) in [6.07, 6.45) is 5.38. The Morgan fingerprint density at radius 2 is 2.04 bits per heavy atom. The van der Waals surface area contributed by atoms with Crippen LogP contribution in [0.5, 0.6) is 17.2 Å². The fraction of sp³-hybridized carbons (Fsp3) is 0.100. The van der Waals surface area contributed by atoms with Gasteiger partial charge in [0.2, 0.25) is 5.91 Å². The Morgan fingerprint density at radius 1 is 1.26 bits per heavy atom. The number of amides is 1. The molecule has 0 bridgehead atoms. The highest BCUT2D eigenvalue weighted by Crippen LogP contribution is 2.38. The first kappa shape index (κ1) is 17.9. The van der Waals surface area contributed by atoms with Gasteiger partial charge in [-0.3, -0.25) is 4.79 Å². The lowest BCUT2D eigenvalue weighted by molar-refractivity contribution is -0.114. The highest BCUT2D eigenvalue weighted by molar-refractivity contribution is 5.92.